The molecule has 1 heterocycles. The van der Waals surface area contributed by atoms with Gasteiger partial charge in [-0.1, -0.05) is 16.8 Å². The number of carbonyl (C=O) groups excluding carboxylic acids is 2. The van der Waals surface area contributed by atoms with E-state index >= 15 is 0 Å². The number of halogens is 1. The zero-order valence-electron chi connectivity index (χ0n) is 13.6. The standard InChI is InChI=1S/C16H18ClN3O3S/c1-10-8-14(19-23-10)18-15(21)9-20(3)16(22)11(2)24-13-6-4-12(17)5-7-13/h4-8,11H,9H2,1-3H3,(H,18,19,21). The van der Waals surface area contributed by atoms with E-state index in [1.807, 2.05) is 12.1 Å². The van der Waals surface area contributed by atoms with E-state index in [0.29, 0.717) is 16.6 Å². The zero-order valence-corrected chi connectivity index (χ0v) is 15.1. The molecule has 1 atom stereocenters. The summed E-state index contributed by atoms with van der Waals surface area (Å²) in [7, 11) is 1.59. The van der Waals surface area contributed by atoms with Crippen LogP contribution < -0.4 is 5.32 Å². The maximum Gasteiger partial charge on any atom is 0.245 e. The summed E-state index contributed by atoms with van der Waals surface area (Å²) in [4.78, 5) is 26.6. The molecular weight excluding hydrogens is 350 g/mol. The van der Waals surface area contributed by atoms with Gasteiger partial charge in [0, 0.05) is 23.0 Å². The van der Waals surface area contributed by atoms with Crippen LogP contribution in [-0.4, -0.2) is 40.7 Å². The third-order valence-corrected chi connectivity index (χ3v) is 4.48. The molecule has 0 fully saturated rings. The van der Waals surface area contributed by atoms with Gasteiger partial charge in [0.1, 0.15) is 5.76 Å². The molecule has 0 aliphatic rings. The summed E-state index contributed by atoms with van der Waals surface area (Å²) >= 11 is 7.26. The SMILES string of the molecule is Cc1cc(NC(=O)CN(C)C(=O)C(C)Sc2ccc(Cl)cc2)no1. The monoisotopic (exact) mass is 367 g/mol. The summed E-state index contributed by atoms with van der Waals surface area (Å²) in [5.41, 5.74) is 0. The summed E-state index contributed by atoms with van der Waals surface area (Å²) in [5.74, 6) is 0.467. The van der Waals surface area contributed by atoms with Gasteiger partial charge in [0.25, 0.3) is 0 Å². The first-order valence-corrected chi connectivity index (χ1v) is 8.51. The third-order valence-electron chi connectivity index (χ3n) is 3.13. The minimum absolute atomic E-state index is 0.0593. The van der Waals surface area contributed by atoms with E-state index < -0.39 is 0 Å². The van der Waals surface area contributed by atoms with Crippen molar-refractivity contribution >= 4 is 41.0 Å². The number of nitrogens with one attached hydrogen (secondary N) is 1. The van der Waals surface area contributed by atoms with E-state index in [2.05, 4.69) is 10.5 Å². The molecule has 1 N–H and O–H groups in total. The van der Waals surface area contributed by atoms with Gasteiger partial charge in [-0.3, -0.25) is 9.59 Å². The Morgan fingerprint density at radius 1 is 1.38 bits per heavy atom. The van der Waals surface area contributed by atoms with Crippen LogP contribution in [0, 0.1) is 6.92 Å². The van der Waals surface area contributed by atoms with Gasteiger partial charge < -0.3 is 14.7 Å². The molecule has 1 unspecified atom stereocenters. The smallest absolute Gasteiger partial charge is 0.245 e. The second-order valence-electron chi connectivity index (χ2n) is 5.28. The number of aromatic nitrogens is 1. The fourth-order valence-corrected chi connectivity index (χ4v) is 3.09. The van der Waals surface area contributed by atoms with Gasteiger partial charge in [0.05, 0.1) is 11.8 Å². The van der Waals surface area contributed by atoms with Crippen molar-refractivity contribution in [1.29, 1.82) is 0 Å². The number of benzene rings is 1. The summed E-state index contributed by atoms with van der Waals surface area (Å²) in [6, 6.07) is 8.88. The molecule has 0 aliphatic carbocycles. The number of thioether (sulfide) groups is 1. The van der Waals surface area contributed by atoms with E-state index in [4.69, 9.17) is 16.1 Å². The van der Waals surface area contributed by atoms with Gasteiger partial charge in [-0.05, 0) is 38.1 Å². The zero-order chi connectivity index (χ0) is 17.7. The lowest BCUT2D eigenvalue weighted by atomic mass is 10.4. The average molecular weight is 368 g/mol. The van der Waals surface area contributed by atoms with Gasteiger partial charge in [0.2, 0.25) is 11.8 Å². The lowest BCUT2D eigenvalue weighted by Crippen LogP contribution is -2.38. The fraction of sp³-hybridized carbons (Fsp3) is 0.312. The molecule has 2 aromatic rings. The molecule has 0 saturated heterocycles. The number of likely N-dealkylation sites (N-methyl/N-ethyl adjacent to an activating group) is 1. The normalized spacial score (nSPS) is 11.8. The summed E-state index contributed by atoms with van der Waals surface area (Å²) in [5, 5.41) is 6.59. The van der Waals surface area contributed by atoms with Crippen molar-refractivity contribution in [2.24, 2.45) is 0 Å². The Labute approximate surface area is 149 Å². The highest BCUT2D eigenvalue weighted by molar-refractivity contribution is 8.00. The predicted octanol–water partition coefficient (Wildman–Crippen LogP) is 3.21. The Morgan fingerprint density at radius 3 is 2.62 bits per heavy atom. The highest BCUT2D eigenvalue weighted by Gasteiger charge is 2.21. The topological polar surface area (TPSA) is 75.4 Å². The van der Waals surface area contributed by atoms with E-state index in [9.17, 15) is 9.59 Å². The molecule has 2 rings (SSSR count). The Morgan fingerprint density at radius 2 is 2.04 bits per heavy atom. The van der Waals surface area contributed by atoms with Crippen LogP contribution in [0.25, 0.3) is 0 Å². The maximum atomic E-state index is 12.4. The minimum Gasteiger partial charge on any atom is -0.360 e. The van der Waals surface area contributed by atoms with Crippen LogP contribution in [0.5, 0.6) is 0 Å². The minimum atomic E-state index is -0.331. The van der Waals surface area contributed by atoms with E-state index in [1.165, 1.54) is 16.7 Å². The number of amides is 2. The van der Waals surface area contributed by atoms with Crippen LogP contribution in [0.4, 0.5) is 5.82 Å². The van der Waals surface area contributed by atoms with Gasteiger partial charge in [-0.15, -0.1) is 11.8 Å². The molecule has 1 aromatic carbocycles. The molecule has 0 saturated carbocycles. The first kappa shape index (κ1) is 18.4. The van der Waals surface area contributed by atoms with Crippen molar-refractivity contribution in [3.8, 4) is 0 Å². The molecule has 6 nitrogen and oxygen atoms in total. The second-order valence-corrected chi connectivity index (χ2v) is 7.13. The lowest BCUT2D eigenvalue weighted by Gasteiger charge is -2.20. The van der Waals surface area contributed by atoms with Crippen molar-refractivity contribution in [3.05, 3.63) is 41.1 Å². The molecule has 0 radical (unpaired) electrons. The van der Waals surface area contributed by atoms with Gasteiger partial charge in [-0.25, -0.2) is 0 Å². The number of nitrogens with zero attached hydrogens (tertiary/aromatic N) is 2. The van der Waals surface area contributed by atoms with Gasteiger partial charge in [-0.2, -0.15) is 0 Å². The van der Waals surface area contributed by atoms with Crippen LogP contribution in [0.2, 0.25) is 5.02 Å². The summed E-state index contributed by atoms with van der Waals surface area (Å²) in [6.45, 7) is 3.47. The maximum absolute atomic E-state index is 12.4. The third kappa shape index (κ3) is 5.28. The van der Waals surface area contributed by atoms with E-state index in [0.717, 1.165) is 4.90 Å². The number of rotatable bonds is 6. The van der Waals surface area contributed by atoms with Crippen LogP contribution >= 0.6 is 23.4 Å². The van der Waals surface area contributed by atoms with E-state index in [-0.39, 0.29) is 23.6 Å². The highest BCUT2D eigenvalue weighted by atomic mass is 35.5. The van der Waals surface area contributed by atoms with Crippen LogP contribution in [-0.2, 0) is 9.59 Å². The molecule has 24 heavy (non-hydrogen) atoms. The Kier molecular flexibility index (Phi) is 6.28. The molecule has 8 heteroatoms. The first-order valence-electron chi connectivity index (χ1n) is 7.25. The highest BCUT2D eigenvalue weighted by Crippen LogP contribution is 2.25. The van der Waals surface area contributed by atoms with Gasteiger partial charge in [0.15, 0.2) is 5.82 Å². The van der Waals surface area contributed by atoms with Crippen molar-refractivity contribution in [3.63, 3.8) is 0 Å². The molecule has 128 valence electrons. The van der Waals surface area contributed by atoms with Crippen LogP contribution in [0.1, 0.15) is 12.7 Å². The average Bonchev–Trinajstić information content (AvgIpc) is 2.93. The van der Waals surface area contributed by atoms with Crippen molar-refractivity contribution in [2.45, 2.75) is 24.0 Å². The molecule has 0 spiro atoms. The number of aryl methyl sites for hydroxylation is 1. The Bertz CT molecular complexity index is 718. The fourth-order valence-electron chi connectivity index (χ4n) is 1.98. The lowest BCUT2D eigenvalue weighted by molar-refractivity contribution is -0.132. The van der Waals surface area contributed by atoms with Crippen molar-refractivity contribution in [1.82, 2.24) is 10.1 Å². The van der Waals surface area contributed by atoms with Crippen LogP contribution in [0.3, 0.4) is 0 Å². The first-order chi connectivity index (χ1) is 11.3. The Balaban J connectivity index is 1.86. The van der Waals surface area contributed by atoms with Gasteiger partial charge >= 0.3 is 0 Å². The number of carbonyl (C=O) groups is 2. The molecular formula is C16H18ClN3O3S. The molecule has 0 aliphatic heterocycles. The number of anilines is 1. The number of hydrogen-bond acceptors (Lipinski definition) is 5. The summed E-state index contributed by atoms with van der Waals surface area (Å²) in [6.07, 6.45) is 0. The second kappa shape index (κ2) is 8.21. The number of hydrogen-bond donors (Lipinski definition) is 1. The Hall–Kier alpha value is -1.99. The summed E-state index contributed by atoms with van der Waals surface area (Å²) < 4.78 is 4.87. The molecule has 0 bridgehead atoms. The van der Waals surface area contributed by atoms with Crippen molar-refractivity contribution in [2.75, 3.05) is 18.9 Å². The predicted molar refractivity (Wildman–Crippen MR) is 94.3 cm³/mol. The van der Waals surface area contributed by atoms with E-state index in [1.54, 1.807) is 39.1 Å². The largest absolute Gasteiger partial charge is 0.360 e. The van der Waals surface area contributed by atoms with Crippen LogP contribution in [0.15, 0.2) is 39.8 Å². The quantitative estimate of drug-likeness (QED) is 0.793. The van der Waals surface area contributed by atoms with Crippen molar-refractivity contribution < 1.29 is 14.1 Å². The molecule has 1 aromatic heterocycles. The molecule has 2 amide bonds.